The molecule has 1 atom stereocenters. The monoisotopic (exact) mass is 439 g/mol. The Bertz CT molecular complexity index is 998. The van der Waals surface area contributed by atoms with Gasteiger partial charge in [0.2, 0.25) is 0 Å². The number of fused-ring (bicyclic) bond motifs is 1. The molecule has 2 heterocycles. The number of likely N-dealkylation sites (tertiary alicyclic amines) is 1. The maximum absolute atomic E-state index is 10.3. The summed E-state index contributed by atoms with van der Waals surface area (Å²) in [6, 6.07) is 14.3. The Labute approximate surface area is 189 Å². The van der Waals surface area contributed by atoms with Gasteiger partial charge in [-0.15, -0.1) is 0 Å². The van der Waals surface area contributed by atoms with Gasteiger partial charge in [-0.2, -0.15) is 0 Å². The first-order chi connectivity index (χ1) is 15.6. The Morgan fingerprint density at radius 3 is 2.78 bits per heavy atom. The van der Waals surface area contributed by atoms with Gasteiger partial charge in [0.1, 0.15) is 12.7 Å². The van der Waals surface area contributed by atoms with Crippen LogP contribution in [0.15, 0.2) is 48.7 Å². The molecule has 0 spiro atoms. The predicted molar refractivity (Wildman–Crippen MR) is 125 cm³/mol. The Hall–Kier alpha value is -2.58. The molecule has 4 N–H and O–H groups in total. The highest BCUT2D eigenvalue weighted by Gasteiger charge is 2.20. The zero-order valence-electron chi connectivity index (χ0n) is 18.6. The number of aliphatic hydroxyl groups is 2. The van der Waals surface area contributed by atoms with E-state index in [1.807, 2.05) is 24.4 Å². The van der Waals surface area contributed by atoms with Crippen molar-refractivity contribution < 1.29 is 19.7 Å². The molecular formula is C25H33N3O4. The molecule has 1 aliphatic rings. The van der Waals surface area contributed by atoms with Gasteiger partial charge in [0.25, 0.3) is 0 Å². The maximum atomic E-state index is 10.3. The van der Waals surface area contributed by atoms with Crippen LogP contribution in [0.4, 0.5) is 0 Å². The third-order valence-electron chi connectivity index (χ3n) is 6.02. The number of nitrogens with one attached hydrogen (secondary N) is 2. The summed E-state index contributed by atoms with van der Waals surface area (Å²) in [4.78, 5) is 5.41. The first-order valence-corrected chi connectivity index (χ1v) is 11.3. The number of aromatic amines is 1. The Balaban J connectivity index is 1.27. The number of aromatic nitrogens is 1. The maximum Gasteiger partial charge on any atom is 0.161 e. The lowest BCUT2D eigenvalue weighted by atomic mass is 10.1. The lowest BCUT2D eigenvalue weighted by Gasteiger charge is -2.30. The minimum absolute atomic E-state index is 0.202. The van der Waals surface area contributed by atoms with Crippen molar-refractivity contribution >= 4 is 10.9 Å². The molecule has 2 aromatic carbocycles. The van der Waals surface area contributed by atoms with Crippen LogP contribution in [0.25, 0.3) is 10.9 Å². The van der Waals surface area contributed by atoms with Crippen molar-refractivity contribution in [1.29, 1.82) is 0 Å². The highest BCUT2D eigenvalue weighted by atomic mass is 16.5. The number of hydrogen-bond donors (Lipinski definition) is 4. The number of piperidine rings is 1. The summed E-state index contributed by atoms with van der Waals surface area (Å²) in [6.07, 6.45) is 2.69. The number of aliphatic hydroxyl groups excluding tert-OH is 2. The smallest absolute Gasteiger partial charge is 0.161 e. The van der Waals surface area contributed by atoms with Crippen molar-refractivity contribution in [3.8, 4) is 11.5 Å². The van der Waals surface area contributed by atoms with Crippen molar-refractivity contribution in [2.45, 2.75) is 38.1 Å². The fourth-order valence-electron chi connectivity index (χ4n) is 4.23. The van der Waals surface area contributed by atoms with E-state index in [2.05, 4.69) is 39.5 Å². The predicted octanol–water partition coefficient (Wildman–Crippen LogP) is 2.66. The Kier molecular flexibility index (Phi) is 7.65. The molecule has 0 saturated carbocycles. The minimum atomic E-state index is -0.590. The van der Waals surface area contributed by atoms with Crippen molar-refractivity contribution in [3.63, 3.8) is 0 Å². The van der Waals surface area contributed by atoms with Crippen LogP contribution in [0.3, 0.4) is 0 Å². The van der Waals surface area contributed by atoms with E-state index in [9.17, 15) is 10.2 Å². The normalized spacial score (nSPS) is 16.3. The molecule has 1 aliphatic heterocycles. The number of H-pyrrole nitrogens is 1. The van der Waals surface area contributed by atoms with Gasteiger partial charge < -0.3 is 34.9 Å². The summed E-state index contributed by atoms with van der Waals surface area (Å²) in [5.74, 6) is 1.28. The number of methoxy groups -OCH3 is 1. The van der Waals surface area contributed by atoms with E-state index in [1.54, 1.807) is 7.11 Å². The van der Waals surface area contributed by atoms with E-state index in [0.717, 1.165) is 43.6 Å². The number of benzene rings is 2. The van der Waals surface area contributed by atoms with Crippen molar-refractivity contribution in [1.82, 2.24) is 15.2 Å². The van der Waals surface area contributed by atoms with Crippen molar-refractivity contribution in [2.24, 2.45) is 0 Å². The van der Waals surface area contributed by atoms with E-state index < -0.39 is 6.10 Å². The van der Waals surface area contributed by atoms with E-state index in [1.165, 1.54) is 10.9 Å². The highest BCUT2D eigenvalue weighted by Crippen LogP contribution is 2.28. The molecule has 1 aromatic heterocycles. The SMILES string of the molecule is COc1cc(CNCc2cccc3[nH]ccc23)ccc1OCC(O)CN1CCC(O)CC1. The van der Waals surface area contributed by atoms with Crippen molar-refractivity contribution in [3.05, 3.63) is 59.8 Å². The molecule has 32 heavy (non-hydrogen) atoms. The Morgan fingerprint density at radius 1 is 1.12 bits per heavy atom. The first kappa shape index (κ1) is 22.6. The van der Waals surface area contributed by atoms with Crippen molar-refractivity contribution in [2.75, 3.05) is 33.4 Å². The van der Waals surface area contributed by atoms with Gasteiger partial charge >= 0.3 is 0 Å². The standard InChI is InChI=1S/C25H33N3O4/c1-31-25-13-18(14-26-15-19-3-2-4-23-22(19)7-10-27-23)5-6-24(25)32-17-21(30)16-28-11-8-20(29)9-12-28/h2-7,10,13,20-21,26-27,29-30H,8-9,11-12,14-17H2,1H3. The third-order valence-corrected chi connectivity index (χ3v) is 6.02. The van der Waals surface area contributed by atoms with Gasteiger partial charge in [-0.25, -0.2) is 0 Å². The van der Waals surface area contributed by atoms with E-state index in [-0.39, 0.29) is 12.7 Å². The number of hydrogen-bond acceptors (Lipinski definition) is 6. The molecule has 0 bridgehead atoms. The number of ether oxygens (including phenoxy) is 2. The molecule has 172 valence electrons. The molecular weight excluding hydrogens is 406 g/mol. The second-order valence-electron chi connectivity index (χ2n) is 8.44. The van der Waals surface area contributed by atoms with Gasteiger partial charge in [-0.05, 0) is 48.2 Å². The van der Waals surface area contributed by atoms with Crippen LogP contribution in [0.1, 0.15) is 24.0 Å². The van der Waals surface area contributed by atoms with Gasteiger partial charge in [-0.3, -0.25) is 0 Å². The van der Waals surface area contributed by atoms with Crippen LogP contribution in [-0.4, -0.2) is 65.7 Å². The topological polar surface area (TPSA) is 90.0 Å². The van der Waals surface area contributed by atoms with E-state index in [4.69, 9.17) is 9.47 Å². The summed E-state index contributed by atoms with van der Waals surface area (Å²) >= 11 is 0. The summed E-state index contributed by atoms with van der Waals surface area (Å²) in [6.45, 7) is 3.85. The van der Waals surface area contributed by atoms with Crippen LogP contribution in [0.5, 0.6) is 11.5 Å². The molecule has 7 nitrogen and oxygen atoms in total. The molecule has 0 aliphatic carbocycles. The molecule has 0 radical (unpaired) electrons. The fraction of sp³-hybridized carbons (Fsp3) is 0.440. The van der Waals surface area contributed by atoms with E-state index >= 15 is 0 Å². The van der Waals surface area contributed by atoms with Gasteiger partial charge in [0, 0.05) is 49.8 Å². The summed E-state index contributed by atoms with van der Waals surface area (Å²) in [7, 11) is 1.63. The molecule has 1 saturated heterocycles. The summed E-state index contributed by atoms with van der Waals surface area (Å²) in [5, 5.41) is 24.7. The second kappa shape index (κ2) is 10.8. The number of rotatable bonds is 10. The minimum Gasteiger partial charge on any atom is -0.493 e. The van der Waals surface area contributed by atoms with Crippen LogP contribution in [0.2, 0.25) is 0 Å². The fourth-order valence-corrected chi connectivity index (χ4v) is 4.23. The number of β-amino-alcohol motifs (C(OH)–C–C–N with tert-alkyl or cyclic N) is 1. The largest absolute Gasteiger partial charge is 0.493 e. The first-order valence-electron chi connectivity index (χ1n) is 11.3. The zero-order chi connectivity index (χ0) is 22.3. The second-order valence-corrected chi connectivity index (χ2v) is 8.44. The van der Waals surface area contributed by atoms with Gasteiger partial charge in [-0.1, -0.05) is 18.2 Å². The van der Waals surface area contributed by atoms with Crippen LogP contribution >= 0.6 is 0 Å². The van der Waals surface area contributed by atoms with Gasteiger partial charge in [0.15, 0.2) is 11.5 Å². The lowest BCUT2D eigenvalue weighted by molar-refractivity contribution is 0.0333. The number of nitrogens with zero attached hydrogens (tertiary/aromatic N) is 1. The molecule has 4 rings (SSSR count). The van der Waals surface area contributed by atoms with Crippen LogP contribution < -0.4 is 14.8 Å². The average Bonchev–Trinajstić information content (AvgIpc) is 3.29. The van der Waals surface area contributed by atoms with E-state index in [0.29, 0.717) is 24.6 Å². The lowest BCUT2D eigenvalue weighted by Crippen LogP contribution is -2.41. The third kappa shape index (κ3) is 5.81. The molecule has 7 heteroatoms. The van der Waals surface area contributed by atoms with Crippen LogP contribution in [-0.2, 0) is 13.1 Å². The quantitative estimate of drug-likeness (QED) is 0.388. The van der Waals surface area contributed by atoms with Crippen LogP contribution in [0, 0.1) is 0 Å². The summed E-state index contributed by atoms with van der Waals surface area (Å²) in [5.41, 5.74) is 3.50. The molecule has 0 amide bonds. The summed E-state index contributed by atoms with van der Waals surface area (Å²) < 4.78 is 11.4. The molecule has 1 unspecified atom stereocenters. The molecule has 3 aromatic rings. The highest BCUT2D eigenvalue weighted by molar-refractivity contribution is 5.82. The Morgan fingerprint density at radius 2 is 1.97 bits per heavy atom. The van der Waals surface area contributed by atoms with Gasteiger partial charge in [0.05, 0.1) is 13.2 Å². The zero-order valence-corrected chi connectivity index (χ0v) is 18.6. The average molecular weight is 440 g/mol. The molecule has 1 fully saturated rings.